The minimum atomic E-state index is -1.24. The minimum Gasteiger partial charge on any atom is -0.424 e. The third-order valence-electron chi connectivity index (χ3n) is 5.12. The normalized spacial score (nSPS) is 28.0. The van der Waals surface area contributed by atoms with Crippen molar-refractivity contribution >= 4 is 19.9 Å². The zero-order valence-electron chi connectivity index (χ0n) is 18.1. The molecule has 0 bridgehead atoms. The minimum absolute atomic E-state index is 0.0288. The topological polar surface area (TPSA) is 116 Å². The van der Waals surface area contributed by atoms with Crippen molar-refractivity contribution in [1.82, 2.24) is 0 Å². The van der Waals surface area contributed by atoms with E-state index in [0.29, 0.717) is 12.2 Å². The van der Waals surface area contributed by atoms with Gasteiger partial charge in [0.15, 0.2) is 24.6 Å². The van der Waals surface area contributed by atoms with Crippen LogP contribution in [0.4, 0.5) is 10.5 Å². The van der Waals surface area contributed by atoms with E-state index in [9.17, 15) is 14.9 Å². The number of carbonyl (C=O) groups is 1. The highest BCUT2D eigenvalue weighted by atomic mass is 28.3. The Balaban J connectivity index is 1.66. The number of nitrogens with zero attached hydrogens (tertiary/aromatic N) is 1. The van der Waals surface area contributed by atoms with E-state index in [-0.39, 0.29) is 19.1 Å². The van der Waals surface area contributed by atoms with Crippen molar-refractivity contribution in [2.24, 2.45) is 0 Å². The third-order valence-corrected chi connectivity index (χ3v) is 6.83. The first-order chi connectivity index (χ1) is 14.7. The van der Waals surface area contributed by atoms with Crippen LogP contribution in [0.5, 0.6) is 0 Å². The van der Waals surface area contributed by atoms with Crippen LogP contribution in [0.2, 0.25) is 25.7 Å². The van der Waals surface area contributed by atoms with Gasteiger partial charge in [-0.2, -0.15) is 0 Å². The summed E-state index contributed by atoms with van der Waals surface area (Å²) in [6, 6.07) is 7.28. The molecule has 0 amide bonds. The van der Waals surface area contributed by atoms with Crippen LogP contribution in [-0.2, 0) is 35.0 Å². The van der Waals surface area contributed by atoms with E-state index < -0.39 is 49.9 Å². The smallest absolute Gasteiger partial charge is 0.424 e. The van der Waals surface area contributed by atoms with E-state index in [1.165, 1.54) is 6.07 Å². The van der Waals surface area contributed by atoms with Crippen LogP contribution in [0, 0.1) is 10.1 Å². The van der Waals surface area contributed by atoms with Gasteiger partial charge in [0.05, 0.1) is 23.2 Å². The Morgan fingerprint density at radius 1 is 1.13 bits per heavy atom. The van der Waals surface area contributed by atoms with Crippen molar-refractivity contribution in [3.63, 3.8) is 0 Å². The number of nitro groups is 1. The van der Waals surface area contributed by atoms with Crippen molar-refractivity contribution in [1.29, 1.82) is 0 Å². The molecular weight excluding hydrogens is 426 g/mol. The van der Waals surface area contributed by atoms with Gasteiger partial charge in [0.25, 0.3) is 5.69 Å². The fourth-order valence-corrected chi connectivity index (χ4v) is 4.13. The predicted octanol–water partition coefficient (Wildman–Crippen LogP) is 3.46. The van der Waals surface area contributed by atoms with E-state index in [1.807, 2.05) is 0 Å². The summed E-state index contributed by atoms with van der Waals surface area (Å²) in [4.78, 5) is 22.5. The van der Waals surface area contributed by atoms with Crippen molar-refractivity contribution in [2.75, 3.05) is 13.4 Å². The summed E-state index contributed by atoms with van der Waals surface area (Å²) in [5, 5.41) is 11.3. The molecule has 3 rings (SSSR count). The predicted molar refractivity (Wildman–Crippen MR) is 111 cm³/mol. The van der Waals surface area contributed by atoms with E-state index in [2.05, 4.69) is 19.6 Å². The molecule has 0 N–H and O–H groups in total. The Morgan fingerprint density at radius 3 is 2.55 bits per heavy atom. The lowest BCUT2D eigenvalue weighted by atomic mass is 10.00. The van der Waals surface area contributed by atoms with Gasteiger partial charge in [-0.1, -0.05) is 31.8 Å². The van der Waals surface area contributed by atoms with Gasteiger partial charge in [0.2, 0.25) is 0 Å². The number of rotatable bonds is 10. The quantitative estimate of drug-likeness (QED) is 0.131. The molecule has 0 radical (unpaired) electrons. The second-order valence-corrected chi connectivity index (χ2v) is 14.4. The fraction of sp³-hybridized carbons (Fsp3) is 0.650. The molecule has 5 atom stereocenters. The molecule has 0 saturated carbocycles. The molecular formula is C20H29NO9Si. The van der Waals surface area contributed by atoms with Crippen LogP contribution < -0.4 is 0 Å². The number of para-hydroxylation sites is 1. The van der Waals surface area contributed by atoms with Gasteiger partial charge in [-0.05, 0) is 19.0 Å². The van der Waals surface area contributed by atoms with Crippen molar-refractivity contribution in [3.05, 3.63) is 39.9 Å². The van der Waals surface area contributed by atoms with Crippen molar-refractivity contribution in [3.8, 4) is 0 Å². The van der Waals surface area contributed by atoms with Crippen molar-refractivity contribution in [2.45, 2.75) is 69.9 Å². The molecule has 2 aliphatic heterocycles. The molecule has 0 unspecified atom stereocenters. The number of hydrogen-bond acceptors (Lipinski definition) is 9. The SMILES string of the molecule is C[C@H]1O[C@@H](OCc2ccccc2[N+](=O)[O-])[C@H](OCOCC[Si](C)(C)C)[C@H]2OC(=O)O[C@H]21. The Bertz CT molecular complexity index is 784. The highest BCUT2D eigenvalue weighted by Gasteiger charge is 2.54. The molecule has 0 aliphatic carbocycles. The van der Waals surface area contributed by atoms with E-state index in [4.69, 9.17) is 28.4 Å². The van der Waals surface area contributed by atoms with E-state index >= 15 is 0 Å². The van der Waals surface area contributed by atoms with Gasteiger partial charge < -0.3 is 28.4 Å². The van der Waals surface area contributed by atoms with E-state index in [1.54, 1.807) is 25.1 Å². The number of nitro benzene ring substituents is 1. The van der Waals surface area contributed by atoms with Crippen LogP contribution in [0.3, 0.4) is 0 Å². The Labute approximate surface area is 181 Å². The molecule has 0 spiro atoms. The second kappa shape index (κ2) is 10.0. The molecule has 2 heterocycles. The lowest BCUT2D eigenvalue weighted by Gasteiger charge is -2.39. The highest BCUT2D eigenvalue weighted by Crippen LogP contribution is 2.33. The maximum absolute atomic E-state index is 11.7. The number of hydrogen-bond donors (Lipinski definition) is 0. The fourth-order valence-electron chi connectivity index (χ4n) is 3.38. The van der Waals surface area contributed by atoms with Gasteiger partial charge >= 0.3 is 6.16 Å². The maximum Gasteiger partial charge on any atom is 0.509 e. The summed E-state index contributed by atoms with van der Waals surface area (Å²) in [6.07, 6.45) is -4.38. The van der Waals surface area contributed by atoms with Gasteiger partial charge in [-0.25, -0.2) is 4.79 Å². The van der Waals surface area contributed by atoms with Crippen LogP contribution in [0.25, 0.3) is 0 Å². The number of benzene rings is 1. The number of carbonyl (C=O) groups excluding carboxylic acids is 1. The van der Waals surface area contributed by atoms with Crippen molar-refractivity contribution < 1.29 is 38.1 Å². The summed E-state index contributed by atoms with van der Waals surface area (Å²) in [5.74, 6) is 0. The van der Waals surface area contributed by atoms with Gasteiger partial charge in [-0.15, -0.1) is 0 Å². The third kappa shape index (κ3) is 6.23. The molecule has 0 aromatic heterocycles. The lowest BCUT2D eigenvalue weighted by molar-refractivity contribution is -0.386. The Kier molecular flexibility index (Phi) is 7.65. The molecule has 1 aromatic carbocycles. The molecule has 172 valence electrons. The second-order valence-electron chi connectivity index (χ2n) is 8.79. The molecule has 2 saturated heterocycles. The first kappa shape index (κ1) is 23.6. The number of fused-ring (bicyclic) bond motifs is 1. The van der Waals surface area contributed by atoms with Crippen LogP contribution in [-0.4, -0.2) is 63.3 Å². The zero-order valence-corrected chi connectivity index (χ0v) is 19.1. The average Bonchev–Trinajstić information content (AvgIpc) is 3.09. The van der Waals surface area contributed by atoms with Gasteiger partial charge in [0, 0.05) is 20.7 Å². The summed E-state index contributed by atoms with van der Waals surface area (Å²) in [6.45, 7) is 8.95. The zero-order chi connectivity index (χ0) is 22.6. The first-order valence-electron chi connectivity index (χ1n) is 10.2. The average molecular weight is 456 g/mol. The van der Waals surface area contributed by atoms with E-state index in [0.717, 1.165) is 6.04 Å². The molecule has 1 aromatic rings. The summed E-state index contributed by atoms with van der Waals surface area (Å²) in [7, 11) is -1.24. The Morgan fingerprint density at radius 2 is 1.84 bits per heavy atom. The molecule has 31 heavy (non-hydrogen) atoms. The van der Waals surface area contributed by atoms with Crippen LogP contribution in [0.1, 0.15) is 12.5 Å². The highest BCUT2D eigenvalue weighted by molar-refractivity contribution is 6.76. The molecule has 10 nitrogen and oxygen atoms in total. The summed E-state index contributed by atoms with van der Waals surface area (Å²) < 4.78 is 33.7. The Hall–Kier alpha value is -2.05. The van der Waals surface area contributed by atoms with Crippen LogP contribution >= 0.6 is 0 Å². The van der Waals surface area contributed by atoms with Gasteiger partial charge in [-0.3, -0.25) is 10.1 Å². The monoisotopic (exact) mass is 455 g/mol. The maximum atomic E-state index is 11.7. The first-order valence-corrected chi connectivity index (χ1v) is 13.9. The summed E-state index contributed by atoms with van der Waals surface area (Å²) in [5.41, 5.74) is 0.350. The molecule has 2 fully saturated rings. The lowest BCUT2D eigenvalue weighted by Crippen LogP contribution is -2.57. The number of ether oxygens (including phenoxy) is 6. The van der Waals surface area contributed by atoms with Crippen LogP contribution in [0.15, 0.2) is 24.3 Å². The molecule has 11 heteroatoms. The standard InChI is InChI=1S/C20H29NO9Si/c1-13-16-17(30-20(22)29-16)18(27-12-25-9-10-31(2,3)4)19(28-13)26-11-14-7-5-6-8-15(14)21(23)24/h5-8,13,16-19H,9-12H2,1-4H3/t13-,16+,17+,18-,19-/m1/s1. The van der Waals surface area contributed by atoms with Gasteiger partial charge in [0.1, 0.15) is 6.79 Å². The summed E-state index contributed by atoms with van der Waals surface area (Å²) >= 11 is 0. The molecule has 2 aliphatic rings. The largest absolute Gasteiger partial charge is 0.509 e.